The van der Waals surface area contributed by atoms with Gasteiger partial charge in [0.05, 0.1) is 11.4 Å². The Morgan fingerprint density at radius 3 is 2.14 bits per heavy atom. The average molecular weight is 764 g/mol. The van der Waals surface area contributed by atoms with Gasteiger partial charge in [0.25, 0.3) is 0 Å². The minimum atomic E-state index is 0.683. The number of hydrogen-bond donors (Lipinski definition) is 0. The fourth-order valence-electron chi connectivity index (χ4n) is 8.21. The van der Waals surface area contributed by atoms with Crippen molar-refractivity contribution in [2.45, 2.75) is 26.7 Å². The van der Waals surface area contributed by atoms with E-state index in [-0.39, 0.29) is 0 Å². The van der Waals surface area contributed by atoms with Crippen LogP contribution in [0.5, 0.6) is 0 Å². The summed E-state index contributed by atoms with van der Waals surface area (Å²) in [5.74, 6) is 0.683. The van der Waals surface area contributed by atoms with Gasteiger partial charge in [-0.05, 0) is 98.0 Å². The van der Waals surface area contributed by atoms with E-state index in [0.29, 0.717) is 5.84 Å². The van der Waals surface area contributed by atoms with E-state index in [0.717, 1.165) is 107 Å². The SMILES string of the molecule is C/C=C(/N=C(N=C(C)C1=CC=CCC1)c1ccccc1)c1ccc2c(c1)oc1cccc(-c3ccc(N(c4ccccc4)c4cccc5c4oc4ccccc45)cc3)c12. The number of fused-ring (bicyclic) bond motifs is 6. The lowest BCUT2D eigenvalue weighted by Crippen LogP contribution is -2.10. The zero-order valence-corrected chi connectivity index (χ0v) is 33.0. The van der Waals surface area contributed by atoms with E-state index in [2.05, 4.69) is 151 Å². The van der Waals surface area contributed by atoms with Crippen LogP contribution in [0, 0.1) is 0 Å². The maximum atomic E-state index is 6.59. The molecule has 2 heterocycles. The molecule has 0 N–H and O–H groups in total. The molecule has 2 aromatic heterocycles. The topological polar surface area (TPSA) is 54.2 Å². The Kier molecular flexibility index (Phi) is 9.39. The van der Waals surface area contributed by atoms with Crippen LogP contribution in [0.1, 0.15) is 37.8 Å². The number of hydrogen-bond acceptors (Lipinski definition) is 4. The molecule has 284 valence electrons. The predicted octanol–water partition coefficient (Wildman–Crippen LogP) is 15.2. The molecule has 0 amide bonds. The first-order valence-electron chi connectivity index (χ1n) is 20.2. The molecule has 0 saturated heterocycles. The molecule has 0 atom stereocenters. The van der Waals surface area contributed by atoms with Gasteiger partial charge in [0, 0.05) is 49.8 Å². The van der Waals surface area contributed by atoms with Gasteiger partial charge in [-0.2, -0.15) is 0 Å². The zero-order chi connectivity index (χ0) is 39.7. The highest BCUT2D eigenvalue weighted by Gasteiger charge is 2.20. The molecule has 5 nitrogen and oxygen atoms in total. The molecule has 5 heteroatoms. The molecular formula is C54H41N3O2. The molecular weight excluding hydrogens is 723 g/mol. The number of rotatable bonds is 8. The molecule has 59 heavy (non-hydrogen) atoms. The monoisotopic (exact) mass is 763 g/mol. The summed E-state index contributed by atoms with van der Waals surface area (Å²) in [5, 5.41) is 4.34. The van der Waals surface area contributed by atoms with E-state index >= 15 is 0 Å². The van der Waals surface area contributed by atoms with Crippen molar-refractivity contribution in [3.05, 3.63) is 205 Å². The normalized spacial score (nSPS) is 13.8. The predicted molar refractivity (Wildman–Crippen MR) is 247 cm³/mol. The van der Waals surface area contributed by atoms with Gasteiger partial charge in [0.2, 0.25) is 0 Å². The average Bonchev–Trinajstić information content (AvgIpc) is 3.88. The molecule has 7 aromatic carbocycles. The minimum absolute atomic E-state index is 0.683. The third kappa shape index (κ3) is 6.77. The Balaban J connectivity index is 1.02. The lowest BCUT2D eigenvalue weighted by atomic mass is 9.98. The van der Waals surface area contributed by atoms with Crippen molar-refractivity contribution in [1.29, 1.82) is 0 Å². The highest BCUT2D eigenvalue weighted by Crippen LogP contribution is 2.43. The van der Waals surface area contributed by atoms with Crippen molar-refractivity contribution in [1.82, 2.24) is 0 Å². The smallest absolute Gasteiger partial charge is 0.160 e. The first-order valence-corrected chi connectivity index (χ1v) is 20.2. The van der Waals surface area contributed by atoms with Crippen LogP contribution in [0.15, 0.2) is 212 Å². The Morgan fingerprint density at radius 1 is 0.610 bits per heavy atom. The van der Waals surface area contributed by atoms with Crippen LogP contribution in [0.4, 0.5) is 17.1 Å². The maximum absolute atomic E-state index is 6.59. The number of amidine groups is 1. The first kappa shape index (κ1) is 35.9. The second-order valence-corrected chi connectivity index (χ2v) is 14.8. The summed E-state index contributed by atoms with van der Waals surface area (Å²) in [7, 11) is 0. The van der Waals surface area contributed by atoms with Crippen LogP contribution in [-0.2, 0) is 0 Å². The van der Waals surface area contributed by atoms with Crippen LogP contribution >= 0.6 is 0 Å². The molecule has 0 spiro atoms. The standard InChI is InChI=1S/C54H41N3O2/c1-3-47(56-54(39-19-9-5-10-20-39)55-36(2)37-17-7-4-8-18-37)40-31-34-46-51(35-40)58-50-28-16-24-43(52(46)50)38-29-32-42(33-30-38)57(41-21-11-6-12-22-41)48-26-15-25-45-44-23-13-14-27-49(44)59-53(45)48/h3-7,9-17,19-35H,8,18H2,1-2H3/b47-3+,55-36?,56-54?. The van der Waals surface area contributed by atoms with Crippen LogP contribution in [0.25, 0.3) is 60.7 Å². The molecule has 1 aliphatic carbocycles. The third-order valence-electron chi connectivity index (χ3n) is 11.2. The summed E-state index contributed by atoms with van der Waals surface area (Å²) in [6.07, 6.45) is 10.5. The molecule has 0 bridgehead atoms. The van der Waals surface area contributed by atoms with E-state index in [4.69, 9.17) is 18.8 Å². The molecule has 10 rings (SSSR count). The number of benzene rings is 7. The highest BCUT2D eigenvalue weighted by molar-refractivity contribution is 6.15. The summed E-state index contributed by atoms with van der Waals surface area (Å²) >= 11 is 0. The molecule has 0 fully saturated rings. The Morgan fingerprint density at radius 2 is 1.34 bits per heavy atom. The van der Waals surface area contributed by atoms with Crippen LogP contribution < -0.4 is 4.90 Å². The summed E-state index contributed by atoms with van der Waals surface area (Å²) in [5.41, 5.74) is 13.6. The minimum Gasteiger partial charge on any atom is -0.456 e. The van der Waals surface area contributed by atoms with Crippen LogP contribution in [-0.4, -0.2) is 11.5 Å². The number of aliphatic imine (C=N–C) groups is 2. The van der Waals surface area contributed by atoms with Crippen molar-refractivity contribution in [2.24, 2.45) is 9.98 Å². The number of furan rings is 2. The summed E-state index contributed by atoms with van der Waals surface area (Å²) < 4.78 is 13.1. The van der Waals surface area contributed by atoms with Gasteiger partial charge >= 0.3 is 0 Å². The second-order valence-electron chi connectivity index (χ2n) is 14.8. The van der Waals surface area contributed by atoms with Gasteiger partial charge < -0.3 is 13.7 Å². The first-order chi connectivity index (χ1) is 29.1. The van der Waals surface area contributed by atoms with E-state index in [1.54, 1.807) is 0 Å². The lowest BCUT2D eigenvalue weighted by molar-refractivity contribution is 0.668. The Bertz CT molecular complexity index is 3160. The van der Waals surface area contributed by atoms with Crippen molar-refractivity contribution in [2.75, 3.05) is 4.90 Å². The van der Waals surface area contributed by atoms with Crippen molar-refractivity contribution < 1.29 is 8.83 Å². The van der Waals surface area contributed by atoms with Crippen molar-refractivity contribution >= 4 is 78.2 Å². The van der Waals surface area contributed by atoms with Crippen LogP contribution in [0.2, 0.25) is 0 Å². The maximum Gasteiger partial charge on any atom is 0.160 e. The molecule has 1 aliphatic rings. The molecule has 9 aromatic rings. The van der Waals surface area contributed by atoms with Crippen molar-refractivity contribution in [3.63, 3.8) is 0 Å². The Hall–Kier alpha value is -7.50. The fraction of sp³-hybridized carbons (Fsp3) is 0.0741. The highest BCUT2D eigenvalue weighted by atomic mass is 16.3. The Labute approximate surface area is 343 Å². The van der Waals surface area contributed by atoms with Crippen LogP contribution in [0.3, 0.4) is 0 Å². The molecule has 0 saturated carbocycles. The summed E-state index contributed by atoms with van der Waals surface area (Å²) in [6, 6.07) is 56.7. The zero-order valence-electron chi connectivity index (χ0n) is 33.0. The number of para-hydroxylation sites is 3. The van der Waals surface area contributed by atoms with E-state index in [1.165, 1.54) is 5.57 Å². The quantitative estimate of drug-likeness (QED) is 0.114. The molecule has 0 unspecified atom stereocenters. The molecule has 0 radical (unpaired) electrons. The van der Waals surface area contributed by atoms with E-state index < -0.39 is 0 Å². The van der Waals surface area contributed by atoms with E-state index in [1.807, 2.05) is 55.5 Å². The van der Waals surface area contributed by atoms with Gasteiger partial charge in [-0.25, -0.2) is 9.98 Å². The second kappa shape index (κ2) is 15.4. The number of nitrogens with zero attached hydrogens (tertiary/aromatic N) is 3. The van der Waals surface area contributed by atoms with Crippen molar-refractivity contribution in [3.8, 4) is 11.1 Å². The van der Waals surface area contributed by atoms with Gasteiger partial charge in [0.15, 0.2) is 11.4 Å². The van der Waals surface area contributed by atoms with E-state index in [9.17, 15) is 0 Å². The largest absolute Gasteiger partial charge is 0.456 e. The number of anilines is 3. The van der Waals surface area contributed by atoms with Gasteiger partial charge in [0.1, 0.15) is 16.7 Å². The third-order valence-corrected chi connectivity index (χ3v) is 11.2. The van der Waals surface area contributed by atoms with Gasteiger partial charge in [-0.15, -0.1) is 0 Å². The summed E-state index contributed by atoms with van der Waals surface area (Å²) in [6.45, 7) is 4.10. The fourth-order valence-corrected chi connectivity index (χ4v) is 8.21. The van der Waals surface area contributed by atoms with Gasteiger partial charge in [-0.3, -0.25) is 0 Å². The summed E-state index contributed by atoms with van der Waals surface area (Å²) in [4.78, 5) is 12.5. The number of allylic oxidation sites excluding steroid dienone is 5. The lowest BCUT2D eigenvalue weighted by Gasteiger charge is -2.25. The molecule has 0 aliphatic heterocycles. The van der Waals surface area contributed by atoms with Gasteiger partial charge in [-0.1, -0.05) is 133 Å².